The number of carbonyl (C=O) groups excluding carboxylic acids is 1. The molecule has 1 aromatic carbocycles. The average Bonchev–Trinajstić information content (AvgIpc) is 2.43. The first kappa shape index (κ1) is 13.9. The Morgan fingerprint density at radius 3 is 2.55 bits per heavy atom. The molecule has 3 aliphatic rings. The number of piperazine rings is 3. The molecule has 0 atom stereocenters. The van der Waals surface area contributed by atoms with Gasteiger partial charge in [-0.1, -0.05) is 17.7 Å². The molecule has 108 valence electrons. The summed E-state index contributed by atoms with van der Waals surface area (Å²) < 4.78 is 0.936. The topological polar surface area (TPSA) is 32.3 Å². The van der Waals surface area contributed by atoms with E-state index in [9.17, 15) is 4.79 Å². The van der Waals surface area contributed by atoms with Gasteiger partial charge in [0.15, 0.2) is 6.54 Å². The summed E-state index contributed by atoms with van der Waals surface area (Å²) in [4.78, 5) is 14.8. The summed E-state index contributed by atoms with van der Waals surface area (Å²) >= 11 is 6.17. The first-order valence-corrected chi connectivity index (χ1v) is 7.58. The number of rotatable bonds is 3. The van der Waals surface area contributed by atoms with Crippen molar-refractivity contribution in [2.75, 3.05) is 51.1 Å². The smallest absolute Gasteiger partial charge is 0.279 e. The summed E-state index contributed by atoms with van der Waals surface area (Å²) in [5.74, 6) is 0.0751. The highest BCUT2D eigenvalue weighted by atomic mass is 35.5. The van der Waals surface area contributed by atoms with Crippen molar-refractivity contribution in [3.05, 3.63) is 28.8 Å². The van der Waals surface area contributed by atoms with Gasteiger partial charge in [0, 0.05) is 19.6 Å². The Balaban J connectivity index is 1.64. The number of nitrogens with one attached hydrogen (secondary N) is 1. The minimum absolute atomic E-state index is 0.0751. The molecule has 0 saturated carbocycles. The van der Waals surface area contributed by atoms with Crippen LogP contribution in [0.25, 0.3) is 0 Å². The van der Waals surface area contributed by atoms with E-state index in [4.69, 9.17) is 11.6 Å². The Labute approximate surface area is 124 Å². The van der Waals surface area contributed by atoms with Crippen LogP contribution >= 0.6 is 11.6 Å². The van der Waals surface area contributed by atoms with Crippen LogP contribution in [-0.2, 0) is 4.79 Å². The van der Waals surface area contributed by atoms with Gasteiger partial charge in [-0.3, -0.25) is 9.69 Å². The number of benzene rings is 1. The van der Waals surface area contributed by atoms with Gasteiger partial charge in [0.1, 0.15) is 0 Å². The fourth-order valence-corrected chi connectivity index (χ4v) is 3.47. The van der Waals surface area contributed by atoms with Crippen LogP contribution in [-0.4, -0.2) is 61.1 Å². The van der Waals surface area contributed by atoms with E-state index in [0.717, 1.165) is 55.0 Å². The first-order valence-electron chi connectivity index (χ1n) is 7.20. The summed E-state index contributed by atoms with van der Waals surface area (Å²) in [7, 11) is 0. The fraction of sp³-hybridized carbons (Fsp3) is 0.533. The Bertz CT molecular complexity index is 510. The SMILES string of the molecule is Cc1ccc(NC(=O)C[N+]23CCN(CC2)CC3)c(Cl)c1. The normalized spacial score (nSPS) is 28.4. The maximum Gasteiger partial charge on any atom is 0.279 e. The van der Waals surface area contributed by atoms with Crippen molar-refractivity contribution < 1.29 is 9.28 Å². The van der Waals surface area contributed by atoms with Gasteiger partial charge in [-0.25, -0.2) is 0 Å². The van der Waals surface area contributed by atoms with Crippen molar-refractivity contribution in [2.45, 2.75) is 6.92 Å². The molecule has 0 aromatic heterocycles. The molecule has 3 aliphatic heterocycles. The summed E-state index contributed by atoms with van der Waals surface area (Å²) in [6, 6.07) is 5.72. The molecule has 4 rings (SSSR count). The van der Waals surface area contributed by atoms with E-state index < -0.39 is 0 Å². The highest BCUT2D eigenvalue weighted by molar-refractivity contribution is 6.33. The van der Waals surface area contributed by atoms with Gasteiger partial charge in [0.05, 0.1) is 30.3 Å². The van der Waals surface area contributed by atoms with Gasteiger partial charge in [0.2, 0.25) is 0 Å². The Kier molecular flexibility index (Phi) is 3.71. The zero-order chi connectivity index (χ0) is 14.2. The van der Waals surface area contributed by atoms with Crippen LogP contribution in [0.15, 0.2) is 18.2 Å². The number of nitrogens with zero attached hydrogens (tertiary/aromatic N) is 2. The molecule has 1 amide bonds. The van der Waals surface area contributed by atoms with E-state index in [2.05, 4.69) is 10.2 Å². The second kappa shape index (κ2) is 5.35. The lowest BCUT2D eigenvalue weighted by Gasteiger charge is -2.50. The van der Waals surface area contributed by atoms with Gasteiger partial charge in [0.25, 0.3) is 5.91 Å². The van der Waals surface area contributed by atoms with Gasteiger partial charge in [-0.05, 0) is 24.6 Å². The Hall–Kier alpha value is -1.10. The molecular formula is C15H21ClN3O+. The molecule has 1 aromatic rings. The predicted octanol–water partition coefficient (Wildman–Crippen LogP) is 1.73. The van der Waals surface area contributed by atoms with Crippen molar-refractivity contribution in [1.82, 2.24) is 4.90 Å². The zero-order valence-electron chi connectivity index (χ0n) is 11.9. The predicted molar refractivity (Wildman–Crippen MR) is 81.0 cm³/mol. The zero-order valence-corrected chi connectivity index (χ0v) is 12.6. The van der Waals surface area contributed by atoms with E-state index in [1.165, 1.54) is 0 Å². The monoisotopic (exact) mass is 294 g/mol. The molecule has 2 bridgehead atoms. The van der Waals surface area contributed by atoms with Gasteiger partial charge >= 0.3 is 0 Å². The largest absolute Gasteiger partial charge is 0.320 e. The van der Waals surface area contributed by atoms with Crippen LogP contribution in [0.5, 0.6) is 0 Å². The van der Waals surface area contributed by atoms with E-state index in [-0.39, 0.29) is 5.91 Å². The van der Waals surface area contributed by atoms with Crippen molar-refractivity contribution >= 4 is 23.2 Å². The van der Waals surface area contributed by atoms with E-state index in [1.54, 1.807) is 0 Å². The van der Waals surface area contributed by atoms with Crippen LogP contribution in [0.4, 0.5) is 5.69 Å². The Morgan fingerprint density at radius 2 is 1.95 bits per heavy atom. The Morgan fingerprint density at radius 1 is 1.30 bits per heavy atom. The number of halogens is 1. The summed E-state index contributed by atoms with van der Waals surface area (Å²) in [6.45, 7) is 9.20. The third kappa shape index (κ3) is 2.82. The average molecular weight is 295 g/mol. The molecule has 20 heavy (non-hydrogen) atoms. The fourth-order valence-electron chi connectivity index (χ4n) is 3.18. The number of carbonyl (C=O) groups is 1. The molecule has 3 heterocycles. The van der Waals surface area contributed by atoms with E-state index >= 15 is 0 Å². The minimum Gasteiger partial charge on any atom is -0.320 e. The van der Waals surface area contributed by atoms with Crippen LogP contribution in [0, 0.1) is 6.92 Å². The standard InChI is InChI=1S/C15H20ClN3O/c1-12-2-3-14(13(16)10-12)17-15(20)11-19-7-4-18(5-8-19)6-9-19/h2-3,10H,4-9,11H2,1H3/p+1. The summed E-state index contributed by atoms with van der Waals surface area (Å²) in [5.41, 5.74) is 1.82. The second-order valence-corrected chi connectivity index (χ2v) is 6.45. The van der Waals surface area contributed by atoms with E-state index in [1.807, 2.05) is 25.1 Å². The van der Waals surface area contributed by atoms with Crippen LogP contribution in [0.1, 0.15) is 5.56 Å². The maximum absolute atomic E-state index is 12.3. The lowest BCUT2D eigenvalue weighted by molar-refractivity contribution is -0.933. The number of anilines is 1. The molecule has 0 unspecified atom stereocenters. The van der Waals surface area contributed by atoms with Crippen molar-refractivity contribution in [3.8, 4) is 0 Å². The first-order chi connectivity index (χ1) is 9.56. The molecule has 3 fully saturated rings. The third-order valence-corrected chi connectivity index (χ3v) is 4.86. The lowest BCUT2D eigenvalue weighted by Crippen LogP contribution is -2.68. The van der Waals surface area contributed by atoms with Crippen LogP contribution in [0.3, 0.4) is 0 Å². The second-order valence-electron chi connectivity index (χ2n) is 6.04. The molecule has 0 spiro atoms. The molecule has 1 N–H and O–H groups in total. The molecule has 0 radical (unpaired) electrons. The third-order valence-electron chi connectivity index (χ3n) is 4.55. The molecule has 4 nitrogen and oxygen atoms in total. The highest BCUT2D eigenvalue weighted by Gasteiger charge is 2.39. The van der Waals surface area contributed by atoms with Gasteiger partial charge < -0.3 is 9.80 Å². The van der Waals surface area contributed by atoms with Crippen molar-refractivity contribution in [3.63, 3.8) is 0 Å². The van der Waals surface area contributed by atoms with Crippen LogP contribution < -0.4 is 5.32 Å². The molecule has 5 heteroatoms. The number of fused-ring (bicyclic) bond motifs is 3. The van der Waals surface area contributed by atoms with E-state index in [0.29, 0.717) is 11.6 Å². The number of aryl methyl sites for hydroxylation is 1. The quantitative estimate of drug-likeness (QED) is 0.861. The summed E-state index contributed by atoms with van der Waals surface area (Å²) in [5, 5.41) is 3.57. The number of quaternary nitrogens is 1. The van der Waals surface area contributed by atoms with Crippen molar-refractivity contribution in [1.29, 1.82) is 0 Å². The molecular weight excluding hydrogens is 274 g/mol. The van der Waals surface area contributed by atoms with Gasteiger partial charge in [-0.2, -0.15) is 0 Å². The van der Waals surface area contributed by atoms with Gasteiger partial charge in [-0.15, -0.1) is 0 Å². The number of hydrogen-bond acceptors (Lipinski definition) is 2. The molecule has 0 aliphatic carbocycles. The van der Waals surface area contributed by atoms with Crippen molar-refractivity contribution in [2.24, 2.45) is 0 Å². The summed E-state index contributed by atoms with van der Waals surface area (Å²) in [6.07, 6.45) is 0. The lowest BCUT2D eigenvalue weighted by atomic mass is 10.1. The minimum atomic E-state index is 0.0751. The highest BCUT2D eigenvalue weighted by Crippen LogP contribution is 2.24. The number of amides is 1. The maximum atomic E-state index is 12.3. The number of hydrogen-bond donors (Lipinski definition) is 1. The molecule has 3 saturated heterocycles. The van der Waals surface area contributed by atoms with Crippen LogP contribution in [0.2, 0.25) is 5.02 Å².